The molecule has 3 rings (SSSR count). The lowest BCUT2D eigenvalue weighted by Gasteiger charge is -2.06. The molecule has 5 heteroatoms. The number of fused-ring (bicyclic) bond motifs is 1. The maximum absolute atomic E-state index is 13.7. The van der Waals surface area contributed by atoms with E-state index in [0.29, 0.717) is 16.4 Å². The molecule has 0 amide bonds. The van der Waals surface area contributed by atoms with Gasteiger partial charge in [0.15, 0.2) is 5.82 Å². The fourth-order valence-corrected chi connectivity index (χ4v) is 2.40. The minimum Gasteiger partial charge on any atom is -0.228 e. The number of aryl methyl sites for hydroxylation is 1. The van der Waals surface area contributed by atoms with Crippen LogP contribution in [0.1, 0.15) is 5.56 Å². The van der Waals surface area contributed by atoms with Crippen LogP contribution in [-0.4, -0.2) is 9.97 Å². The van der Waals surface area contributed by atoms with Crippen molar-refractivity contribution in [3.05, 3.63) is 58.0 Å². The van der Waals surface area contributed by atoms with Crippen LogP contribution in [0.4, 0.5) is 4.39 Å². The van der Waals surface area contributed by atoms with E-state index in [0.717, 1.165) is 11.1 Å². The van der Waals surface area contributed by atoms with E-state index in [9.17, 15) is 4.39 Å². The van der Waals surface area contributed by atoms with Crippen molar-refractivity contribution in [2.24, 2.45) is 0 Å². The number of aromatic nitrogens is 2. The van der Waals surface area contributed by atoms with Gasteiger partial charge in [-0.1, -0.05) is 29.3 Å². The average Bonchev–Trinajstić information content (AvgIpc) is 2.41. The minimum absolute atomic E-state index is 0.107. The summed E-state index contributed by atoms with van der Waals surface area (Å²) in [6.45, 7) is 1.90. The van der Waals surface area contributed by atoms with Crippen LogP contribution >= 0.6 is 23.2 Å². The lowest BCUT2D eigenvalue weighted by atomic mass is 10.1. The van der Waals surface area contributed by atoms with Crippen LogP contribution < -0.4 is 0 Å². The third-order valence-corrected chi connectivity index (χ3v) is 3.74. The Morgan fingerprint density at radius 3 is 2.60 bits per heavy atom. The van der Waals surface area contributed by atoms with Crippen LogP contribution in [0.5, 0.6) is 0 Å². The molecule has 0 spiro atoms. The fraction of sp³-hybridized carbons (Fsp3) is 0.0667. The zero-order valence-corrected chi connectivity index (χ0v) is 12.0. The summed E-state index contributed by atoms with van der Waals surface area (Å²) in [5, 5.41) is 1.02. The van der Waals surface area contributed by atoms with E-state index < -0.39 is 5.82 Å². The molecular formula is C15H9Cl2FN2. The van der Waals surface area contributed by atoms with Crippen LogP contribution in [0.2, 0.25) is 10.2 Å². The first kappa shape index (κ1) is 13.3. The maximum atomic E-state index is 13.7. The fourth-order valence-electron chi connectivity index (χ4n) is 2.01. The predicted molar refractivity (Wildman–Crippen MR) is 79.7 cm³/mol. The second-order valence-corrected chi connectivity index (χ2v) is 5.20. The molecule has 1 aromatic heterocycles. The molecule has 0 aliphatic rings. The van der Waals surface area contributed by atoms with Crippen LogP contribution in [0.3, 0.4) is 0 Å². The highest BCUT2D eigenvalue weighted by molar-refractivity contribution is 6.34. The maximum Gasteiger partial charge on any atom is 0.161 e. The highest BCUT2D eigenvalue weighted by Gasteiger charge is 2.11. The summed E-state index contributed by atoms with van der Waals surface area (Å²) in [6.07, 6.45) is 0. The summed E-state index contributed by atoms with van der Waals surface area (Å²) in [4.78, 5) is 8.53. The number of nitrogens with zero attached hydrogens (tertiary/aromatic N) is 2. The molecule has 2 nitrogen and oxygen atoms in total. The zero-order valence-electron chi connectivity index (χ0n) is 10.5. The molecule has 0 unspecified atom stereocenters. The molecule has 1 heterocycles. The molecular weight excluding hydrogens is 298 g/mol. The van der Waals surface area contributed by atoms with E-state index in [4.69, 9.17) is 23.2 Å². The smallest absolute Gasteiger partial charge is 0.161 e. The third kappa shape index (κ3) is 2.23. The molecule has 20 heavy (non-hydrogen) atoms. The highest BCUT2D eigenvalue weighted by atomic mass is 35.5. The largest absolute Gasteiger partial charge is 0.228 e. The van der Waals surface area contributed by atoms with Gasteiger partial charge in [-0.05, 0) is 42.8 Å². The van der Waals surface area contributed by atoms with Gasteiger partial charge in [-0.2, -0.15) is 0 Å². The number of halogens is 3. The summed E-state index contributed by atoms with van der Waals surface area (Å²) < 4.78 is 13.7. The van der Waals surface area contributed by atoms with Gasteiger partial charge in [-0.25, -0.2) is 14.4 Å². The van der Waals surface area contributed by atoms with Gasteiger partial charge in [0.2, 0.25) is 0 Å². The summed E-state index contributed by atoms with van der Waals surface area (Å²) in [7, 11) is 0. The Kier molecular flexibility index (Phi) is 3.32. The van der Waals surface area contributed by atoms with Crippen molar-refractivity contribution in [2.45, 2.75) is 6.92 Å². The molecule has 0 saturated carbocycles. The first-order chi connectivity index (χ1) is 9.56. The van der Waals surface area contributed by atoms with Gasteiger partial charge in [-0.3, -0.25) is 0 Å². The summed E-state index contributed by atoms with van der Waals surface area (Å²) >= 11 is 12.1. The highest BCUT2D eigenvalue weighted by Crippen LogP contribution is 2.28. The van der Waals surface area contributed by atoms with Crippen molar-refractivity contribution >= 4 is 34.1 Å². The lowest BCUT2D eigenvalue weighted by Crippen LogP contribution is -1.94. The summed E-state index contributed by atoms with van der Waals surface area (Å²) in [5.74, 6) is 0.0270. The Bertz CT molecular complexity index is 818. The summed E-state index contributed by atoms with van der Waals surface area (Å²) in [5.41, 5.74) is 2.19. The molecule has 0 aliphatic carbocycles. The number of benzene rings is 2. The molecule has 0 fully saturated rings. The monoisotopic (exact) mass is 306 g/mol. The van der Waals surface area contributed by atoms with Crippen molar-refractivity contribution < 1.29 is 4.39 Å². The van der Waals surface area contributed by atoms with E-state index in [1.165, 1.54) is 6.07 Å². The van der Waals surface area contributed by atoms with Gasteiger partial charge >= 0.3 is 0 Å². The molecule has 2 aromatic carbocycles. The van der Waals surface area contributed by atoms with E-state index in [-0.39, 0.29) is 10.5 Å². The van der Waals surface area contributed by atoms with Gasteiger partial charge in [-0.15, -0.1) is 0 Å². The van der Waals surface area contributed by atoms with Gasteiger partial charge in [0.25, 0.3) is 0 Å². The Balaban J connectivity index is 2.25. The minimum atomic E-state index is -0.425. The van der Waals surface area contributed by atoms with Gasteiger partial charge in [0, 0.05) is 10.6 Å². The Hall–Kier alpha value is -1.71. The number of hydrogen-bond donors (Lipinski definition) is 0. The molecule has 0 radical (unpaired) electrons. The Morgan fingerprint density at radius 2 is 1.85 bits per heavy atom. The van der Waals surface area contributed by atoms with E-state index in [1.54, 1.807) is 18.2 Å². The van der Waals surface area contributed by atoms with Crippen LogP contribution in [0.15, 0.2) is 36.4 Å². The molecule has 100 valence electrons. The second-order valence-electron chi connectivity index (χ2n) is 4.44. The second kappa shape index (κ2) is 5.00. The summed E-state index contributed by atoms with van der Waals surface area (Å²) in [6, 6.07) is 10.1. The van der Waals surface area contributed by atoms with Crippen LogP contribution in [0, 0.1) is 12.7 Å². The van der Waals surface area contributed by atoms with E-state index in [2.05, 4.69) is 9.97 Å². The van der Waals surface area contributed by atoms with Crippen molar-refractivity contribution in [2.75, 3.05) is 0 Å². The van der Waals surface area contributed by atoms with Crippen molar-refractivity contribution in [3.63, 3.8) is 0 Å². The number of hydrogen-bond acceptors (Lipinski definition) is 2. The molecule has 0 bridgehead atoms. The number of rotatable bonds is 1. The molecule has 0 saturated heterocycles. The van der Waals surface area contributed by atoms with Crippen molar-refractivity contribution in [3.8, 4) is 11.4 Å². The van der Waals surface area contributed by atoms with Crippen LogP contribution in [-0.2, 0) is 0 Å². The van der Waals surface area contributed by atoms with Gasteiger partial charge in [0.1, 0.15) is 11.0 Å². The van der Waals surface area contributed by atoms with E-state index in [1.807, 2.05) is 19.1 Å². The first-order valence-electron chi connectivity index (χ1n) is 5.94. The molecule has 0 N–H and O–H groups in total. The molecule has 3 aromatic rings. The lowest BCUT2D eigenvalue weighted by molar-refractivity contribution is 0.639. The quantitative estimate of drug-likeness (QED) is 0.588. The molecule has 0 aliphatic heterocycles. The third-order valence-electron chi connectivity index (χ3n) is 3.04. The Labute approximate surface area is 125 Å². The van der Waals surface area contributed by atoms with Crippen LogP contribution in [0.25, 0.3) is 22.3 Å². The van der Waals surface area contributed by atoms with Gasteiger partial charge in [0.05, 0.1) is 10.9 Å². The van der Waals surface area contributed by atoms with Crippen molar-refractivity contribution in [1.82, 2.24) is 9.97 Å². The SMILES string of the molecule is Cc1cc(-c2nc(Cl)c3c(F)cccc3n2)ccc1Cl. The topological polar surface area (TPSA) is 25.8 Å². The average molecular weight is 307 g/mol. The predicted octanol–water partition coefficient (Wildman–Crippen LogP) is 5.05. The standard InChI is InChI=1S/C15H9Cl2FN2/c1-8-7-9(5-6-10(8)16)15-19-12-4-2-3-11(18)13(12)14(17)20-15/h2-7H,1H3. The molecule has 0 atom stereocenters. The zero-order chi connectivity index (χ0) is 14.3. The normalized spacial score (nSPS) is 11.0. The van der Waals surface area contributed by atoms with Gasteiger partial charge < -0.3 is 0 Å². The first-order valence-corrected chi connectivity index (χ1v) is 6.70. The van der Waals surface area contributed by atoms with Crippen molar-refractivity contribution in [1.29, 1.82) is 0 Å². The Morgan fingerprint density at radius 1 is 1.05 bits per heavy atom. The van der Waals surface area contributed by atoms with E-state index >= 15 is 0 Å².